The highest BCUT2D eigenvalue weighted by Crippen LogP contribution is 2.39. The predicted molar refractivity (Wildman–Crippen MR) is 82.5 cm³/mol. The van der Waals surface area contributed by atoms with Crippen LogP contribution in [-0.2, 0) is 6.54 Å². The summed E-state index contributed by atoms with van der Waals surface area (Å²) < 4.78 is 0. The lowest BCUT2D eigenvalue weighted by atomic mass is 9.72. The Labute approximate surface area is 122 Å². The molecule has 1 aliphatic carbocycles. The van der Waals surface area contributed by atoms with Crippen molar-refractivity contribution in [2.75, 3.05) is 13.1 Å². The molecule has 110 valence electrons. The van der Waals surface area contributed by atoms with Crippen molar-refractivity contribution in [3.63, 3.8) is 0 Å². The minimum absolute atomic E-state index is 0.367. The van der Waals surface area contributed by atoms with E-state index in [-0.39, 0.29) is 5.60 Å². The van der Waals surface area contributed by atoms with Crippen LogP contribution in [0.25, 0.3) is 0 Å². The van der Waals surface area contributed by atoms with Gasteiger partial charge >= 0.3 is 0 Å². The zero-order chi connectivity index (χ0) is 13.8. The molecule has 1 aromatic rings. The second-order valence-electron chi connectivity index (χ2n) is 6.70. The van der Waals surface area contributed by atoms with Gasteiger partial charge in [-0.05, 0) is 37.2 Å². The van der Waals surface area contributed by atoms with Crippen LogP contribution in [0.2, 0.25) is 0 Å². The Kier molecular flexibility index (Phi) is 4.42. The van der Waals surface area contributed by atoms with Gasteiger partial charge in [0.15, 0.2) is 0 Å². The van der Waals surface area contributed by atoms with E-state index in [2.05, 4.69) is 35.2 Å². The van der Waals surface area contributed by atoms with Crippen molar-refractivity contribution in [1.82, 2.24) is 4.90 Å². The van der Waals surface area contributed by atoms with E-state index < -0.39 is 0 Å². The highest BCUT2D eigenvalue weighted by molar-refractivity contribution is 5.14. The van der Waals surface area contributed by atoms with E-state index in [1.807, 2.05) is 0 Å². The van der Waals surface area contributed by atoms with Gasteiger partial charge < -0.3 is 5.11 Å². The first-order valence-corrected chi connectivity index (χ1v) is 8.25. The molecule has 1 saturated heterocycles. The predicted octanol–water partition coefficient (Wildman–Crippen LogP) is 3.59. The summed E-state index contributed by atoms with van der Waals surface area (Å²) in [6.45, 7) is 3.12. The molecule has 0 atom stereocenters. The summed E-state index contributed by atoms with van der Waals surface area (Å²) in [5, 5.41) is 11.0. The molecule has 0 radical (unpaired) electrons. The average Bonchev–Trinajstić information content (AvgIpc) is 2.52. The maximum Gasteiger partial charge on any atom is 0.0700 e. The molecule has 2 aliphatic rings. The van der Waals surface area contributed by atoms with Crippen LogP contribution in [0.3, 0.4) is 0 Å². The van der Waals surface area contributed by atoms with Gasteiger partial charge in [0.2, 0.25) is 0 Å². The molecule has 2 heteroatoms. The van der Waals surface area contributed by atoms with Crippen molar-refractivity contribution in [1.29, 1.82) is 0 Å². The summed E-state index contributed by atoms with van der Waals surface area (Å²) in [5.41, 5.74) is 1.02. The first-order valence-electron chi connectivity index (χ1n) is 8.25. The largest absolute Gasteiger partial charge is 0.390 e. The molecular formula is C18H27NO. The quantitative estimate of drug-likeness (QED) is 0.909. The van der Waals surface area contributed by atoms with Gasteiger partial charge in [-0.3, -0.25) is 4.90 Å². The summed E-state index contributed by atoms with van der Waals surface area (Å²) in [6, 6.07) is 10.7. The molecule has 2 fully saturated rings. The second kappa shape index (κ2) is 6.28. The van der Waals surface area contributed by atoms with Gasteiger partial charge in [0.1, 0.15) is 0 Å². The van der Waals surface area contributed by atoms with Crippen LogP contribution in [0, 0.1) is 5.92 Å². The molecule has 3 rings (SSSR count). The summed E-state index contributed by atoms with van der Waals surface area (Å²) in [6.07, 6.45) is 8.42. The molecule has 0 amide bonds. The van der Waals surface area contributed by atoms with Crippen LogP contribution in [-0.4, -0.2) is 28.7 Å². The van der Waals surface area contributed by atoms with E-state index in [0.29, 0.717) is 5.92 Å². The molecule has 1 aliphatic heterocycles. The zero-order valence-electron chi connectivity index (χ0n) is 12.4. The Morgan fingerprint density at radius 3 is 2.30 bits per heavy atom. The fourth-order valence-electron chi connectivity index (χ4n) is 3.99. The van der Waals surface area contributed by atoms with Crippen LogP contribution < -0.4 is 0 Å². The SMILES string of the molecule is OC1(C2CCCCC2)CCN(Cc2ccccc2)CC1. The van der Waals surface area contributed by atoms with Gasteiger partial charge in [0.25, 0.3) is 0 Å². The molecule has 1 aromatic carbocycles. The number of aliphatic hydroxyl groups is 1. The van der Waals surface area contributed by atoms with Crippen molar-refractivity contribution in [2.45, 2.75) is 57.1 Å². The first kappa shape index (κ1) is 14.1. The van der Waals surface area contributed by atoms with Gasteiger partial charge in [0.05, 0.1) is 5.60 Å². The molecule has 1 heterocycles. The lowest BCUT2D eigenvalue weighted by Gasteiger charge is -2.44. The third kappa shape index (κ3) is 3.24. The number of hydrogen-bond donors (Lipinski definition) is 1. The van der Waals surface area contributed by atoms with Crippen LogP contribution in [0.5, 0.6) is 0 Å². The number of benzene rings is 1. The third-order valence-electron chi connectivity index (χ3n) is 5.34. The van der Waals surface area contributed by atoms with Crippen LogP contribution >= 0.6 is 0 Å². The second-order valence-corrected chi connectivity index (χ2v) is 6.70. The van der Waals surface area contributed by atoms with Gasteiger partial charge in [0, 0.05) is 19.6 Å². The molecule has 0 spiro atoms. The number of piperidine rings is 1. The number of nitrogens with zero attached hydrogens (tertiary/aromatic N) is 1. The van der Waals surface area contributed by atoms with Gasteiger partial charge in [-0.2, -0.15) is 0 Å². The molecule has 0 bridgehead atoms. The summed E-state index contributed by atoms with van der Waals surface area (Å²) in [4.78, 5) is 2.49. The topological polar surface area (TPSA) is 23.5 Å². The molecule has 0 aromatic heterocycles. The summed E-state index contributed by atoms with van der Waals surface area (Å²) in [5.74, 6) is 0.565. The van der Waals surface area contributed by atoms with E-state index in [4.69, 9.17) is 0 Å². The molecule has 2 nitrogen and oxygen atoms in total. The lowest BCUT2D eigenvalue weighted by molar-refractivity contribution is -0.0785. The van der Waals surface area contributed by atoms with Crippen molar-refractivity contribution < 1.29 is 5.11 Å². The van der Waals surface area contributed by atoms with Crippen LogP contribution in [0.4, 0.5) is 0 Å². The van der Waals surface area contributed by atoms with E-state index in [0.717, 1.165) is 32.5 Å². The normalized spacial score (nSPS) is 24.6. The Balaban J connectivity index is 1.53. The Morgan fingerprint density at radius 2 is 1.65 bits per heavy atom. The minimum Gasteiger partial charge on any atom is -0.390 e. The Bertz CT molecular complexity index is 403. The first-order chi connectivity index (χ1) is 9.76. The van der Waals surface area contributed by atoms with Crippen molar-refractivity contribution in [2.24, 2.45) is 5.92 Å². The number of rotatable bonds is 3. The highest BCUT2D eigenvalue weighted by Gasteiger charge is 2.39. The number of hydrogen-bond acceptors (Lipinski definition) is 2. The van der Waals surface area contributed by atoms with E-state index in [9.17, 15) is 5.11 Å². The molecule has 1 N–H and O–H groups in total. The molecule has 1 saturated carbocycles. The van der Waals surface area contributed by atoms with Crippen LogP contribution in [0.1, 0.15) is 50.5 Å². The molecule has 20 heavy (non-hydrogen) atoms. The van der Waals surface area contributed by atoms with Gasteiger partial charge in [-0.25, -0.2) is 0 Å². The smallest absolute Gasteiger partial charge is 0.0700 e. The van der Waals surface area contributed by atoms with Crippen molar-refractivity contribution >= 4 is 0 Å². The van der Waals surface area contributed by atoms with E-state index in [1.165, 1.54) is 37.7 Å². The monoisotopic (exact) mass is 273 g/mol. The van der Waals surface area contributed by atoms with E-state index in [1.54, 1.807) is 0 Å². The molecular weight excluding hydrogens is 246 g/mol. The van der Waals surface area contributed by atoms with Crippen molar-refractivity contribution in [3.05, 3.63) is 35.9 Å². The average molecular weight is 273 g/mol. The fraction of sp³-hybridized carbons (Fsp3) is 0.667. The van der Waals surface area contributed by atoms with Crippen LogP contribution in [0.15, 0.2) is 30.3 Å². The number of likely N-dealkylation sites (tertiary alicyclic amines) is 1. The Morgan fingerprint density at radius 1 is 1.00 bits per heavy atom. The summed E-state index contributed by atoms with van der Waals surface area (Å²) in [7, 11) is 0. The zero-order valence-corrected chi connectivity index (χ0v) is 12.4. The minimum atomic E-state index is -0.367. The third-order valence-corrected chi connectivity index (χ3v) is 5.34. The summed E-state index contributed by atoms with van der Waals surface area (Å²) >= 11 is 0. The van der Waals surface area contributed by atoms with Gasteiger partial charge in [-0.15, -0.1) is 0 Å². The van der Waals surface area contributed by atoms with Gasteiger partial charge in [-0.1, -0.05) is 49.6 Å². The highest BCUT2D eigenvalue weighted by atomic mass is 16.3. The maximum absolute atomic E-state index is 11.0. The van der Waals surface area contributed by atoms with Crippen molar-refractivity contribution in [3.8, 4) is 0 Å². The Hall–Kier alpha value is -0.860. The van der Waals surface area contributed by atoms with E-state index >= 15 is 0 Å². The molecule has 0 unspecified atom stereocenters. The maximum atomic E-state index is 11.0. The lowest BCUT2D eigenvalue weighted by Crippen LogP contribution is -2.49. The fourth-order valence-corrected chi connectivity index (χ4v) is 3.99. The standard InChI is InChI=1S/C18H27NO/c20-18(17-9-5-2-6-10-17)11-13-19(14-12-18)15-16-7-3-1-4-8-16/h1,3-4,7-8,17,20H,2,5-6,9-15H2.